The first-order valence-corrected chi connectivity index (χ1v) is 4.19. The lowest BCUT2D eigenvalue weighted by Crippen LogP contribution is -1.78. The monoisotopic (exact) mass is 172 g/mol. The Morgan fingerprint density at radius 2 is 1.91 bits per heavy atom. The molecule has 0 heterocycles. The Hall–Kier alpha value is -0.560. The first kappa shape index (κ1) is 10.4. The molecule has 0 saturated carbocycles. The van der Waals surface area contributed by atoms with Crippen LogP contribution in [0, 0.1) is 0 Å². The first-order valence-electron chi connectivity index (χ1n) is 3.65. The molecule has 0 N–H and O–H groups in total. The van der Waals surface area contributed by atoms with Gasteiger partial charge in [-0.05, 0) is 25.8 Å². The number of allylic oxidation sites excluding steroid dienone is 4. The minimum atomic E-state index is 0.103. The number of rotatable bonds is 5. The third kappa shape index (κ3) is 9.44. The molecule has 1 nitrogen and oxygen atoms in total. The minimum absolute atomic E-state index is 0.103. The highest BCUT2D eigenvalue weighted by atomic mass is 35.5. The number of carbonyl (C=O) groups excluding carboxylic acids is 1. The summed E-state index contributed by atoms with van der Waals surface area (Å²) < 4.78 is 0. The Labute approximate surface area is 72.7 Å². The topological polar surface area (TPSA) is 17.1 Å². The summed E-state index contributed by atoms with van der Waals surface area (Å²) in [7, 11) is 0. The van der Waals surface area contributed by atoms with Crippen LogP contribution in [0.5, 0.6) is 0 Å². The predicted molar refractivity (Wildman–Crippen MR) is 48.9 cm³/mol. The van der Waals surface area contributed by atoms with E-state index in [0.717, 1.165) is 12.8 Å². The van der Waals surface area contributed by atoms with Gasteiger partial charge in [0.15, 0.2) is 5.78 Å². The van der Waals surface area contributed by atoms with Gasteiger partial charge in [-0.3, -0.25) is 4.79 Å². The van der Waals surface area contributed by atoms with Gasteiger partial charge in [0, 0.05) is 5.88 Å². The van der Waals surface area contributed by atoms with Gasteiger partial charge in [-0.15, -0.1) is 11.6 Å². The van der Waals surface area contributed by atoms with Gasteiger partial charge in [-0.25, -0.2) is 0 Å². The highest BCUT2D eigenvalue weighted by Crippen LogP contribution is 1.93. The van der Waals surface area contributed by atoms with Crippen LogP contribution in [0.3, 0.4) is 0 Å². The summed E-state index contributed by atoms with van der Waals surface area (Å²) in [6.45, 7) is 1.55. The second kappa shape index (κ2) is 7.55. The molecule has 0 amide bonds. The zero-order valence-electron chi connectivity index (χ0n) is 6.72. The van der Waals surface area contributed by atoms with E-state index in [-0.39, 0.29) is 5.78 Å². The van der Waals surface area contributed by atoms with Crippen molar-refractivity contribution >= 4 is 17.4 Å². The SMILES string of the molecule is CC(=O)/C=C/CC/C=C/CCl. The Morgan fingerprint density at radius 1 is 1.27 bits per heavy atom. The molecular formula is C9H13ClO. The van der Waals surface area contributed by atoms with E-state index < -0.39 is 0 Å². The summed E-state index contributed by atoms with van der Waals surface area (Å²) in [6, 6.07) is 0. The molecule has 11 heavy (non-hydrogen) atoms. The van der Waals surface area contributed by atoms with Crippen LogP contribution in [0.15, 0.2) is 24.3 Å². The Balaban J connectivity index is 3.27. The molecule has 0 saturated heterocycles. The molecule has 0 fully saturated rings. The van der Waals surface area contributed by atoms with Crippen molar-refractivity contribution in [3.63, 3.8) is 0 Å². The second-order valence-corrected chi connectivity index (χ2v) is 2.52. The molecule has 2 heteroatoms. The number of halogens is 1. The Kier molecular flexibility index (Phi) is 7.16. The van der Waals surface area contributed by atoms with Gasteiger partial charge in [-0.2, -0.15) is 0 Å². The zero-order valence-corrected chi connectivity index (χ0v) is 7.47. The summed E-state index contributed by atoms with van der Waals surface area (Å²) in [5, 5.41) is 0. The van der Waals surface area contributed by atoms with Crippen molar-refractivity contribution in [2.75, 3.05) is 5.88 Å². The Bertz CT molecular complexity index is 159. The van der Waals surface area contributed by atoms with Crippen LogP contribution in [-0.4, -0.2) is 11.7 Å². The van der Waals surface area contributed by atoms with Gasteiger partial charge in [0.1, 0.15) is 0 Å². The third-order valence-electron chi connectivity index (χ3n) is 1.11. The van der Waals surface area contributed by atoms with E-state index in [1.807, 2.05) is 18.2 Å². The normalized spacial score (nSPS) is 11.5. The van der Waals surface area contributed by atoms with Crippen LogP contribution in [-0.2, 0) is 4.79 Å². The van der Waals surface area contributed by atoms with Crippen molar-refractivity contribution in [3.05, 3.63) is 24.3 Å². The van der Waals surface area contributed by atoms with Crippen molar-refractivity contribution in [3.8, 4) is 0 Å². The average Bonchev–Trinajstić information content (AvgIpc) is 1.96. The molecule has 0 bridgehead atoms. The lowest BCUT2D eigenvalue weighted by molar-refractivity contribution is -0.112. The van der Waals surface area contributed by atoms with Gasteiger partial charge in [-0.1, -0.05) is 18.2 Å². The molecule has 0 aromatic heterocycles. The highest BCUT2D eigenvalue weighted by Gasteiger charge is 1.80. The molecule has 0 aliphatic heterocycles. The van der Waals surface area contributed by atoms with Crippen LogP contribution >= 0.6 is 11.6 Å². The average molecular weight is 173 g/mol. The van der Waals surface area contributed by atoms with Crippen LogP contribution in [0.25, 0.3) is 0 Å². The van der Waals surface area contributed by atoms with Crippen LogP contribution in [0.2, 0.25) is 0 Å². The molecule has 0 aromatic carbocycles. The Morgan fingerprint density at radius 3 is 2.45 bits per heavy atom. The first-order chi connectivity index (χ1) is 5.27. The fourth-order valence-corrected chi connectivity index (χ4v) is 0.749. The molecule has 62 valence electrons. The molecule has 0 atom stereocenters. The highest BCUT2D eigenvalue weighted by molar-refractivity contribution is 6.18. The number of carbonyl (C=O) groups is 1. The quantitative estimate of drug-likeness (QED) is 0.270. The fraction of sp³-hybridized carbons (Fsp3) is 0.444. The maximum absolute atomic E-state index is 10.4. The third-order valence-corrected chi connectivity index (χ3v) is 1.29. The molecule has 0 spiro atoms. The minimum Gasteiger partial charge on any atom is -0.295 e. The summed E-state index contributed by atoms with van der Waals surface area (Å²) >= 11 is 5.41. The largest absolute Gasteiger partial charge is 0.295 e. The molecule has 0 unspecified atom stereocenters. The van der Waals surface area contributed by atoms with Crippen molar-refractivity contribution < 1.29 is 4.79 Å². The number of unbranched alkanes of at least 4 members (excludes halogenated alkanes) is 1. The van der Waals surface area contributed by atoms with Crippen molar-refractivity contribution in [2.24, 2.45) is 0 Å². The van der Waals surface area contributed by atoms with E-state index in [1.54, 1.807) is 13.0 Å². The molecule has 0 aliphatic carbocycles. The predicted octanol–water partition coefficient (Wildman–Crippen LogP) is 2.71. The standard InChI is InChI=1S/C9H13ClO/c1-9(11)7-5-3-2-4-6-8-10/h4-7H,2-3,8H2,1H3/b6-4+,7-5+. The van der Waals surface area contributed by atoms with Gasteiger partial charge >= 0.3 is 0 Å². The summed E-state index contributed by atoms with van der Waals surface area (Å²) in [4.78, 5) is 10.4. The molecule has 0 aromatic rings. The van der Waals surface area contributed by atoms with Gasteiger partial charge < -0.3 is 0 Å². The summed E-state index contributed by atoms with van der Waals surface area (Å²) in [5.74, 6) is 0.669. The van der Waals surface area contributed by atoms with Gasteiger partial charge in [0.05, 0.1) is 0 Å². The smallest absolute Gasteiger partial charge is 0.152 e. The van der Waals surface area contributed by atoms with E-state index in [4.69, 9.17) is 11.6 Å². The maximum atomic E-state index is 10.4. The van der Waals surface area contributed by atoms with Crippen LogP contribution < -0.4 is 0 Å². The summed E-state index contributed by atoms with van der Waals surface area (Å²) in [6.07, 6.45) is 9.25. The van der Waals surface area contributed by atoms with E-state index in [9.17, 15) is 4.79 Å². The zero-order chi connectivity index (χ0) is 8.53. The number of hydrogen-bond acceptors (Lipinski definition) is 1. The van der Waals surface area contributed by atoms with Crippen molar-refractivity contribution in [1.82, 2.24) is 0 Å². The number of hydrogen-bond donors (Lipinski definition) is 0. The fourth-order valence-electron chi connectivity index (χ4n) is 0.623. The number of ketones is 1. The van der Waals surface area contributed by atoms with Crippen LogP contribution in [0.1, 0.15) is 19.8 Å². The van der Waals surface area contributed by atoms with E-state index in [1.165, 1.54) is 0 Å². The number of alkyl halides is 1. The van der Waals surface area contributed by atoms with E-state index in [0.29, 0.717) is 5.88 Å². The molecule has 0 radical (unpaired) electrons. The maximum Gasteiger partial charge on any atom is 0.152 e. The van der Waals surface area contributed by atoms with E-state index in [2.05, 4.69) is 0 Å². The van der Waals surface area contributed by atoms with Crippen molar-refractivity contribution in [1.29, 1.82) is 0 Å². The van der Waals surface area contributed by atoms with Gasteiger partial charge in [0.25, 0.3) is 0 Å². The van der Waals surface area contributed by atoms with Gasteiger partial charge in [0.2, 0.25) is 0 Å². The van der Waals surface area contributed by atoms with Crippen LogP contribution in [0.4, 0.5) is 0 Å². The second-order valence-electron chi connectivity index (χ2n) is 2.22. The lowest BCUT2D eigenvalue weighted by Gasteiger charge is -1.84. The summed E-state index contributed by atoms with van der Waals surface area (Å²) in [5.41, 5.74) is 0. The molecule has 0 aliphatic rings. The lowest BCUT2D eigenvalue weighted by atomic mass is 10.2. The van der Waals surface area contributed by atoms with E-state index >= 15 is 0 Å². The molecule has 0 rings (SSSR count). The molecular weight excluding hydrogens is 160 g/mol. The van der Waals surface area contributed by atoms with Crippen molar-refractivity contribution in [2.45, 2.75) is 19.8 Å².